The lowest BCUT2D eigenvalue weighted by Gasteiger charge is -2.43. The Morgan fingerprint density at radius 3 is 2.18 bits per heavy atom. The zero-order valence-corrected chi connectivity index (χ0v) is 22.2. The van der Waals surface area contributed by atoms with Gasteiger partial charge in [-0.1, -0.05) is 26.8 Å². The van der Waals surface area contributed by atoms with E-state index >= 15 is 0 Å². The van der Waals surface area contributed by atoms with Crippen molar-refractivity contribution in [2.45, 2.75) is 77.7 Å². The predicted octanol–water partition coefficient (Wildman–Crippen LogP) is 7.50. The minimum absolute atomic E-state index is 0.0256. The third kappa shape index (κ3) is 6.42. The number of alkyl halides is 3. The van der Waals surface area contributed by atoms with Gasteiger partial charge in [-0.2, -0.15) is 0 Å². The fourth-order valence-electron chi connectivity index (χ4n) is 5.84. The highest BCUT2D eigenvalue weighted by Crippen LogP contribution is 2.44. The molecule has 1 N–H and O–H groups in total. The SMILES string of the molecule is COC(=O)c1ccc2c(c1)CCC2N(C(=O)Nc1ccc(OC(F)(F)F)cc1)[C@H]1CC[C@H](C(C)(C)C)CC1. The Labute approximate surface area is 221 Å². The molecular formula is C29H35F3N2O4. The summed E-state index contributed by atoms with van der Waals surface area (Å²) >= 11 is 0. The molecule has 4 rings (SSSR count). The number of hydrogen-bond acceptors (Lipinski definition) is 4. The fourth-order valence-corrected chi connectivity index (χ4v) is 5.84. The Morgan fingerprint density at radius 2 is 1.61 bits per heavy atom. The topological polar surface area (TPSA) is 67.9 Å². The zero-order valence-electron chi connectivity index (χ0n) is 22.2. The van der Waals surface area contributed by atoms with Gasteiger partial charge in [-0.25, -0.2) is 9.59 Å². The van der Waals surface area contributed by atoms with Crippen LogP contribution in [0.4, 0.5) is 23.7 Å². The molecule has 2 aromatic carbocycles. The van der Waals surface area contributed by atoms with Crippen molar-refractivity contribution in [2.75, 3.05) is 12.4 Å². The van der Waals surface area contributed by atoms with Gasteiger partial charge < -0.3 is 19.7 Å². The minimum atomic E-state index is -4.78. The number of amides is 2. The maximum absolute atomic E-state index is 13.8. The number of fused-ring (bicyclic) bond motifs is 1. The number of halogens is 3. The summed E-state index contributed by atoms with van der Waals surface area (Å²) in [5.41, 5.74) is 3.10. The van der Waals surface area contributed by atoms with Crippen molar-refractivity contribution in [1.29, 1.82) is 0 Å². The van der Waals surface area contributed by atoms with Crippen LogP contribution < -0.4 is 10.1 Å². The number of carbonyl (C=O) groups is 2. The van der Waals surface area contributed by atoms with Gasteiger partial charge in [-0.15, -0.1) is 13.2 Å². The summed E-state index contributed by atoms with van der Waals surface area (Å²) in [6, 6.07) is 10.2. The monoisotopic (exact) mass is 532 g/mol. The number of urea groups is 1. The largest absolute Gasteiger partial charge is 0.573 e. The number of esters is 1. The lowest BCUT2D eigenvalue weighted by molar-refractivity contribution is -0.274. The van der Waals surface area contributed by atoms with Crippen molar-refractivity contribution in [3.63, 3.8) is 0 Å². The molecule has 0 aliphatic heterocycles. The molecule has 0 radical (unpaired) electrons. The molecule has 2 aliphatic carbocycles. The first-order chi connectivity index (χ1) is 17.9. The molecule has 0 aromatic heterocycles. The summed E-state index contributed by atoms with van der Waals surface area (Å²) in [5, 5.41) is 2.89. The maximum atomic E-state index is 13.8. The van der Waals surface area contributed by atoms with Crippen molar-refractivity contribution >= 4 is 17.7 Å². The predicted molar refractivity (Wildman–Crippen MR) is 138 cm³/mol. The lowest BCUT2D eigenvalue weighted by atomic mass is 9.71. The highest BCUT2D eigenvalue weighted by molar-refractivity contribution is 5.91. The summed E-state index contributed by atoms with van der Waals surface area (Å²) in [6.07, 6.45) is 0.460. The first kappa shape index (κ1) is 27.8. The Balaban J connectivity index is 1.57. The average Bonchev–Trinajstić information content (AvgIpc) is 3.26. The number of nitrogens with one attached hydrogen (secondary N) is 1. The van der Waals surface area contributed by atoms with Gasteiger partial charge in [-0.05, 0) is 97.4 Å². The van der Waals surface area contributed by atoms with Crippen molar-refractivity contribution in [3.8, 4) is 5.75 Å². The van der Waals surface area contributed by atoms with Crippen molar-refractivity contribution < 1.29 is 32.2 Å². The molecule has 0 spiro atoms. The Kier molecular flexibility index (Phi) is 7.95. The van der Waals surface area contributed by atoms with Crippen LogP contribution in [0.2, 0.25) is 0 Å². The number of aryl methyl sites for hydroxylation is 1. The highest BCUT2D eigenvalue weighted by atomic mass is 19.4. The van der Waals surface area contributed by atoms with Crippen LogP contribution in [0.5, 0.6) is 5.75 Å². The maximum Gasteiger partial charge on any atom is 0.573 e. The van der Waals surface area contributed by atoms with E-state index in [0.717, 1.165) is 49.7 Å². The van der Waals surface area contributed by atoms with Gasteiger partial charge in [0.15, 0.2) is 0 Å². The molecule has 0 saturated heterocycles. The van der Waals surface area contributed by atoms with Gasteiger partial charge in [0.2, 0.25) is 0 Å². The quantitative estimate of drug-likeness (QED) is 0.405. The molecule has 9 heteroatoms. The van der Waals surface area contributed by atoms with Crippen LogP contribution in [0.15, 0.2) is 42.5 Å². The van der Waals surface area contributed by atoms with Crippen LogP contribution in [0.1, 0.15) is 80.4 Å². The number of carbonyl (C=O) groups excluding carboxylic acids is 2. The third-order valence-electron chi connectivity index (χ3n) is 7.83. The second-order valence-electron chi connectivity index (χ2n) is 11.2. The van der Waals surface area contributed by atoms with Crippen molar-refractivity contribution in [1.82, 2.24) is 4.90 Å². The second kappa shape index (κ2) is 10.9. The van der Waals surface area contributed by atoms with E-state index in [1.54, 1.807) is 6.07 Å². The summed E-state index contributed by atoms with van der Waals surface area (Å²) in [4.78, 5) is 27.7. The second-order valence-corrected chi connectivity index (χ2v) is 11.2. The molecule has 2 amide bonds. The van der Waals surface area contributed by atoms with E-state index < -0.39 is 12.3 Å². The van der Waals surface area contributed by atoms with Crippen LogP contribution in [-0.4, -0.2) is 36.4 Å². The van der Waals surface area contributed by atoms with Gasteiger partial charge in [-0.3, -0.25) is 0 Å². The number of methoxy groups -OCH3 is 1. The van der Waals surface area contributed by atoms with Crippen molar-refractivity contribution in [3.05, 3.63) is 59.2 Å². The molecule has 1 fully saturated rings. The van der Waals surface area contributed by atoms with Crippen molar-refractivity contribution in [2.24, 2.45) is 11.3 Å². The van der Waals surface area contributed by atoms with Crippen LogP contribution >= 0.6 is 0 Å². The van der Waals surface area contributed by atoms with Gasteiger partial charge in [0.05, 0.1) is 18.7 Å². The minimum Gasteiger partial charge on any atom is -0.465 e. The number of anilines is 1. The molecule has 2 aromatic rings. The van der Waals surface area contributed by atoms with E-state index in [-0.39, 0.29) is 29.3 Å². The fraction of sp³-hybridized carbons (Fsp3) is 0.517. The lowest BCUT2D eigenvalue weighted by Crippen LogP contribution is -2.47. The molecule has 2 aliphatic rings. The zero-order chi connectivity index (χ0) is 27.7. The Hall–Kier alpha value is -3.23. The van der Waals surface area contributed by atoms with Gasteiger partial charge in [0.1, 0.15) is 5.75 Å². The van der Waals surface area contributed by atoms with Crippen LogP contribution in [0, 0.1) is 11.3 Å². The van der Waals surface area contributed by atoms with Gasteiger partial charge >= 0.3 is 18.4 Å². The van der Waals surface area contributed by atoms with E-state index in [9.17, 15) is 22.8 Å². The van der Waals surface area contributed by atoms with Crippen LogP contribution in [0.3, 0.4) is 0 Å². The first-order valence-electron chi connectivity index (χ1n) is 13.0. The van der Waals surface area contributed by atoms with Gasteiger partial charge in [0, 0.05) is 11.7 Å². The molecule has 6 nitrogen and oxygen atoms in total. The number of benzene rings is 2. The molecule has 0 heterocycles. The summed E-state index contributed by atoms with van der Waals surface area (Å²) in [5.74, 6) is -0.174. The molecule has 1 atom stereocenters. The molecule has 206 valence electrons. The Morgan fingerprint density at radius 1 is 0.947 bits per heavy atom. The van der Waals surface area contributed by atoms with Gasteiger partial charge in [0.25, 0.3) is 0 Å². The molecule has 1 saturated carbocycles. The molecule has 38 heavy (non-hydrogen) atoms. The summed E-state index contributed by atoms with van der Waals surface area (Å²) < 4.78 is 46.4. The average molecular weight is 533 g/mol. The number of hydrogen-bond donors (Lipinski definition) is 1. The number of ether oxygens (including phenoxy) is 2. The molecule has 0 bridgehead atoms. The van der Waals surface area contributed by atoms with E-state index in [0.29, 0.717) is 17.2 Å². The van der Waals surface area contributed by atoms with E-state index in [1.165, 1.54) is 31.4 Å². The van der Waals surface area contributed by atoms with E-state index in [4.69, 9.17) is 4.74 Å². The normalized spacial score (nSPS) is 21.4. The molecular weight excluding hydrogens is 497 g/mol. The summed E-state index contributed by atoms with van der Waals surface area (Å²) in [6.45, 7) is 6.75. The van der Waals surface area contributed by atoms with Crippen LogP contribution in [0.25, 0.3) is 0 Å². The van der Waals surface area contributed by atoms with E-state index in [1.807, 2.05) is 17.0 Å². The smallest absolute Gasteiger partial charge is 0.465 e. The standard InChI is InChI=1S/C29H35F3N2O4/c1-28(2,3)20-7-11-22(12-8-20)34(25-16-6-18-17-19(26(35)37-4)5-15-24(18)25)27(36)33-21-9-13-23(14-10-21)38-29(30,31)32/h5,9-10,13-15,17,20,22,25H,6-8,11-12,16H2,1-4H3,(H,33,36)/t20-,22-,25?. The Bertz CT molecular complexity index is 1150. The highest BCUT2D eigenvalue weighted by Gasteiger charge is 2.39. The van der Waals surface area contributed by atoms with E-state index in [2.05, 4.69) is 30.8 Å². The third-order valence-corrected chi connectivity index (χ3v) is 7.83. The van der Waals surface area contributed by atoms with Crippen LogP contribution in [-0.2, 0) is 11.2 Å². The number of nitrogens with zero attached hydrogens (tertiary/aromatic N) is 1. The molecule has 1 unspecified atom stereocenters. The number of rotatable bonds is 5. The first-order valence-corrected chi connectivity index (χ1v) is 13.0. The summed E-state index contributed by atoms with van der Waals surface area (Å²) in [7, 11) is 1.35.